The third-order valence-corrected chi connectivity index (χ3v) is 4.17. The molecule has 1 aromatic rings. The van der Waals surface area contributed by atoms with E-state index in [1.165, 1.54) is 11.3 Å². The normalized spacial score (nSPS) is 18.6. The van der Waals surface area contributed by atoms with Gasteiger partial charge in [0.25, 0.3) is 0 Å². The molecule has 1 atom stereocenters. The van der Waals surface area contributed by atoms with E-state index < -0.39 is 0 Å². The number of carbonyl (C=O) groups is 1. The van der Waals surface area contributed by atoms with Gasteiger partial charge in [-0.05, 0) is 24.7 Å². The van der Waals surface area contributed by atoms with Crippen LogP contribution in [0.4, 0.5) is 9.93 Å². The number of hydrogen-bond acceptors (Lipinski definition) is 5. The number of anilines is 1. The molecule has 1 saturated heterocycles. The van der Waals surface area contributed by atoms with Gasteiger partial charge in [0.05, 0.1) is 6.10 Å². The molecule has 2 heterocycles. The van der Waals surface area contributed by atoms with E-state index in [1.54, 1.807) is 10.4 Å². The molecule has 2 N–H and O–H groups in total. The molecule has 0 spiro atoms. The highest BCUT2D eigenvalue weighted by molar-refractivity contribution is 7.13. The lowest BCUT2D eigenvalue weighted by Crippen LogP contribution is -2.44. The summed E-state index contributed by atoms with van der Waals surface area (Å²) in [5.41, 5.74) is 1.58. The van der Waals surface area contributed by atoms with E-state index in [0.717, 1.165) is 12.8 Å². The van der Waals surface area contributed by atoms with E-state index in [-0.39, 0.29) is 18.1 Å². The zero-order valence-corrected chi connectivity index (χ0v) is 12.1. The third-order valence-electron chi connectivity index (χ3n) is 3.57. The topological polar surface area (TPSA) is 78.4 Å². The minimum Gasteiger partial charge on any atom is -0.393 e. The Labute approximate surface area is 116 Å². The third kappa shape index (κ3) is 3.63. The summed E-state index contributed by atoms with van der Waals surface area (Å²) in [6.45, 7) is 5.41. The standard InChI is InChI=1S/C12H20N4O2S/c1-8(2)10(17)9-3-5-16(6-4-9)12(18)14-11-15-13-7-19-11/h7-10,17H,3-6H2,1-2H3,(H,14,15,18)/t10-/m0/s1. The molecule has 106 valence electrons. The molecule has 0 saturated carbocycles. The molecular formula is C12H20N4O2S. The number of aromatic nitrogens is 2. The molecule has 1 aromatic heterocycles. The molecule has 1 aliphatic rings. The number of aliphatic hydroxyl groups is 1. The average Bonchev–Trinajstić information content (AvgIpc) is 2.90. The zero-order chi connectivity index (χ0) is 13.8. The fourth-order valence-corrected chi connectivity index (χ4v) is 2.82. The van der Waals surface area contributed by atoms with Crippen LogP contribution >= 0.6 is 11.3 Å². The summed E-state index contributed by atoms with van der Waals surface area (Å²) in [5, 5.41) is 20.8. The summed E-state index contributed by atoms with van der Waals surface area (Å²) in [4.78, 5) is 13.7. The van der Waals surface area contributed by atoms with Crippen molar-refractivity contribution in [1.29, 1.82) is 0 Å². The number of likely N-dealkylation sites (tertiary alicyclic amines) is 1. The van der Waals surface area contributed by atoms with Gasteiger partial charge in [0.15, 0.2) is 0 Å². The Kier molecular flexibility index (Phi) is 4.71. The van der Waals surface area contributed by atoms with Crippen molar-refractivity contribution in [3.8, 4) is 0 Å². The summed E-state index contributed by atoms with van der Waals surface area (Å²) < 4.78 is 0. The molecule has 1 aliphatic heterocycles. The van der Waals surface area contributed by atoms with Crippen LogP contribution in [-0.2, 0) is 0 Å². The minimum absolute atomic E-state index is 0.130. The molecule has 7 heteroatoms. The van der Waals surface area contributed by atoms with Crippen molar-refractivity contribution >= 4 is 22.5 Å². The summed E-state index contributed by atoms with van der Waals surface area (Å²) in [6.07, 6.45) is 1.43. The van der Waals surface area contributed by atoms with Gasteiger partial charge < -0.3 is 10.0 Å². The quantitative estimate of drug-likeness (QED) is 0.887. The summed E-state index contributed by atoms with van der Waals surface area (Å²) >= 11 is 1.30. The van der Waals surface area contributed by atoms with Crippen molar-refractivity contribution in [2.45, 2.75) is 32.8 Å². The molecule has 2 rings (SSSR count). The first-order valence-corrected chi connectivity index (χ1v) is 7.46. The van der Waals surface area contributed by atoms with E-state index in [0.29, 0.717) is 24.1 Å². The Morgan fingerprint density at radius 3 is 2.74 bits per heavy atom. The summed E-state index contributed by atoms with van der Waals surface area (Å²) in [5.74, 6) is 0.567. The van der Waals surface area contributed by atoms with Crippen molar-refractivity contribution in [3.05, 3.63) is 5.51 Å². The van der Waals surface area contributed by atoms with Crippen molar-refractivity contribution < 1.29 is 9.90 Å². The van der Waals surface area contributed by atoms with Gasteiger partial charge in [0.1, 0.15) is 5.51 Å². The van der Waals surface area contributed by atoms with E-state index in [9.17, 15) is 9.90 Å². The number of rotatable bonds is 3. The average molecular weight is 284 g/mol. The Hall–Kier alpha value is -1.21. The Balaban J connectivity index is 1.81. The van der Waals surface area contributed by atoms with Crippen molar-refractivity contribution in [3.63, 3.8) is 0 Å². The predicted octanol–water partition coefficient (Wildman–Crippen LogP) is 1.80. The molecule has 0 aromatic carbocycles. The molecule has 2 amide bonds. The Morgan fingerprint density at radius 2 is 2.21 bits per heavy atom. The van der Waals surface area contributed by atoms with Crippen LogP contribution in [0, 0.1) is 11.8 Å². The lowest BCUT2D eigenvalue weighted by Gasteiger charge is -2.35. The lowest BCUT2D eigenvalue weighted by atomic mass is 9.86. The van der Waals surface area contributed by atoms with Crippen molar-refractivity contribution in [2.75, 3.05) is 18.4 Å². The van der Waals surface area contributed by atoms with Gasteiger partial charge in [-0.3, -0.25) is 5.32 Å². The monoisotopic (exact) mass is 284 g/mol. The maximum absolute atomic E-state index is 12.0. The highest BCUT2D eigenvalue weighted by Crippen LogP contribution is 2.25. The highest BCUT2D eigenvalue weighted by Gasteiger charge is 2.29. The number of piperidine rings is 1. The van der Waals surface area contributed by atoms with Crippen LogP contribution in [0.5, 0.6) is 0 Å². The number of amides is 2. The van der Waals surface area contributed by atoms with E-state index >= 15 is 0 Å². The van der Waals surface area contributed by atoms with Crippen LogP contribution in [0.2, 0.25) is 0 Å². The fourth-order valence-electron chi connectivity index (χ4n) is 2.39. The number of carbonyl (C=O) groups excluding carboxylic acids is 1. The second-order valence-corrected chi connectivity index (χ2v) is 6.07. The maximum atomic E-state index is 12.0. The van der Waals surface area contributed by atoms with Gasteiger partial charge in [0.2, 0.25) is 5.13 Å². The molecular weight excluding hydrogens is 264 g/mol. The Morgan fingerprint density at radius 1 is 1.53 bits per heavy atom. The lowest BCUT2D eigenvalue weighted by molar-refractivity contribution is 0.0355. The zero-order valence-electron chi connectivity index (χ0n) is 11.2. The largest absolute Gasteiger partial charge is 0.393 e. The second kappa shape index (κ2) is 6.29. The maximum Gasteiger partial charge on any atom is 0.323 e. The van der Waals surface area contributed by atoms with Crippen LogP contribution in [0.15, 0.2) is 5.51 Å². The van der Waals surface area contributed by atoms with E-state index in [2.05, 4.69) is 15.5 Å². The summed E-state index contributed by atoms with van der Waals surface area (Å²) in [7, 11) is 0. The first kappa shape index (κ1) is 14.2. The van der Waals surface area contributed by atoms with Gasteiger partial charge in [-0.2, -0.15) is 0 Å². The molecule has 6 nitrogen and oxygen atoms in total. The second-order valence-electron chi connectivity index (χ2n) is 5.23. The van der Waals surface area contributed by atoms with Gasteiger partial charge in [-0.15, -0.1) is 10.2 Å². The first-order valence-electron chi connectivity index (χ1n) is 6.58. The summed E-state index contributed by atoms with van der Waals surface area (Å²) in [6, 6.07) is -0.130. The van der Waals surface area contributed by atoms with E-state index in [4.69, 9.17) is 0 Å². The van der Waals surface area contributed by atoms with Gasteiger partial charge in [0, 0.05) is 13.1 Å². The Bertz CT molecular complexity index is 402. The molecule has 0 bridgehead atoms. The number of hydrogen-bond donors (Lipinski definition) is 2. The van der Waals surface area contributed by atoms with Crippen molar-refractivity contribution in [1.82, 2.24) is 15.1 Å². The molecule has 0 unspecified atom stereocenters. The van der Waals surface area contributed by atoms with Gasteiger partial charge in [-0.25, -0.2) is 4.79 Å². The van der Waals surface area contributed by atoms with E-state index in [1.807, 2.05) is 13.8 Å². The predicted molar refractivity (Wildman–Crippen MR) is 74.1 cm³/mol. The molecule has 0 aliphatic carbocycles. The SMILES string of the molecule is CC(C)[C@H](O)C1CCN(C(=O)Nc2nncs2)CC1. The van der Waals surface area contributed by atoms with Crippen LogP contribution in [-0.4, -0.2) is 45.4 Å². The fraction of sp³-hybridized carbons (Fsp3) is 0.750. The number of aliphatic hydroxyl groups excluding tert-OH is 1. The van der Waals surface area contributed by atoms with Crippen LogP contribution in [0.25, 0.3) is 0 Å². The van der Waals surface area contributed by atoms with Crippen molar-refractivity contribution in [2.24, 2.45) is 11.8 Å². The smallest absolute Gasteiger partial charge is 0.323 e. The molecule has 0 radical (unpaired) electrons. The molecule has 19 heavy (non-hydrogen) atoms. The van der Waals surface area contributed by atoms with Crippen LogP contribution < -0.4 is 5.32 Å². The first-order chi connectivity index (χ1) is 9.08. The minimum atomic E-state index is -0.270. The van der Waals surface area contributed by atoms with Gasteiger partial charge in [-0.1, -0.05) is 25.2 Å². The number of urea groups is 1. The number of nitrogens with one attached hydrogen (secondary N) is 1. The number of nitrogens with zero attached hydrogens (tertiary/aromatic N) is 3. The highest BCUT2D eigenvalue weighted by atomic mass is 32.1. The van der Waals surface area contributed by atoms with Crippen LogP contribution in [0.3, 0.4) is 0 Å². The molecule has 1 fully saturated rings. The van der Waals surface area contributed by atoms with Crippen LogP contribution in [0.1, 0.15) is 26.7 Å². The van der Waals surface area contributed by atoms with Gasteiger partial charge >= 0.3 is 6.03 Å².